The van der Waals surface area contributed by atoms with E-state index < -0.39 is 5.60 Å². The molecule has 1 aromatic rings. The summed E-state index contributed by atoms with van der Waals surface area (Å²) in [5, 5.41) is 0. The lowest BCUT2D eigenvalue weighted by atomic mass is 10.1. The molecule has 346 valence electrons. The van der Waals surface area contributed by atoms with Crippen molar-refractivity contribution < 1.29 is 43.0 Å². The predicted octanol–water partition coefficient (Wildman–Crippen LogP) is 5.42. The van der Waals surface area contributed by atoms with Gasteiger partial charge in [-0.15, -0.1) is 0 Å². The van der Waals surface area contributed by atoms with Crippen LogP contribution < -0.4 is 0 Å². The van der Waals surface area contributed by atoms with Gasteiger partial charge in [0.15, 0.2) is 0 Å². The molecule has 6 aliphatic heterocycles. The van der Waals surface area contributed by atoms with Gasteiger partial charge in [-0.3, -0.25) is 28.8 Å². The second-order valence-electron chi connectivity index (χ2n) is 19.8. The van der Waals surface area contributed by atoms with Crippen LogP contribution in [0.1, 0.15) is 142 Å². The molecule has 0 spiro atoms. The molecule has 1 aromatic carbocycles. The van der Waals surface area contributed by atoms with Crippen molar-refractivity contribution in [1.29, 1.82) is 0 Å². The molecule has 0 unspecified atom stereocenters. The summed E-state index contributed by atoms with van der Waals surface area (Å²) in [5.41, 5.74) is 0.299. The molecule has 6 saturated heterocycles. The number of esters is 1. The zero-order chi connectivity index (χ0) is 44.7. The molecule has 6 atom stereocenters. The zero-order valence-electron chi connectivity index (χ0n) is 37.9. The molecule has 6 amide bonds. The van der Waals surface area contributed by atoms with Crippen molar-refractivity contribution in [2.24, 2.45) is 0 Å². The molecule has 6 aliphatic rings. The SMILES string of the molecule is CC(C)(C)OC(=O)N1CCC[C@H]1CC(=O)N1CCC[C@H]1CC(=O)N1CCC[C@H]1CC(=O)N1CCC[C@H]1CC(=O)N1CCC[C@H]1CC(=O)N1CCC[C@H]1CC(=O)OCc1ccccc1. The van der Waals surface area contributed by atoms with Crippen LogP contribution in [-0.2, 0) is 44.8 Å². The van der Waals surface area contributed by atoms with E-state index >= 15 is 0 Å². The van der Waals surface area contributed by atoms with Crippen molar-refractivity contribution in [3.63, 3.8) is 0 Å². The lowest BCUT2D eigenvalue weighted by Crippen LogP contribution is -2.47. The van der Waals surface area contributed by atoms with E-state index in [0.29, 0.717) is 39.3 Å². The smallest absolute Gasteiger partial charge is 0.410 e. The summed E-state index contributed by atoms with van der Waals surface area (Å²) >= 11 is 0. The second kappa shape index (κ2) is 20.9. The average molecular weight is 875 g/mol. The van der Waals surface area contributed by atoms with Crippen molar-refractivity contribution in [1.82, 2.24) is 29.4 Å². The highest BCUT2D eigenvalue weighted by Gasteiger charge is 2.42. The topological polar surface area (TPSA) is 157 Å². The van der Waals surface area contributed by atoms with E-state index in [0.717, 1.165) is 82.6 Å². The van der Waals surface area contributed by atoms with Gasteiger partial charge in [0.2, 0.25) is 29.5 Å². The van der Waals surface area contributed by atoms with E-state index in [2.05, 4.69) is 0 Å². The molecule has 0 aromatic heterocycles. The Labute approximate surface area is 373 Å². The summed E-state index contributed by atoms with van der Waals surface area (Å²) in [6.45, 7) is 9.20. The van der Waals surface area contributed by atoms with Crippen molar-refractivity contribution in [2.45, 2.75) is 185 Å². The van der Waals surface area contributed by atoms with Gasteiger partial charge < -0.3 is 38.9 Å². The number of nitrogens with zero attached hydrogens (tertiary/aromatic N) is 6. The average Bonchev–Trinajstić information content (AvgIpc) is 4.10. The zero-order valence-corrected chi connectivity index (χ0v) is 37.9. The van der Waals surface area contributed by atoms with Gasteiger partial charge >= 0.3 is 12.1 Å². The van der Waals surface area contributed by atoms with E-state index in [1.807, 2.05) is 75.6 Å². The minimum absolute atomic E-state index is 0.0303. The summed E-state index contributed by atoms with van der Waals surface area (Å²) in [4.78, 5) is 105. The Bertz CT molecular complexity index is 1820. The van der Waals surface area contributed by atoms with Crippen molar-refractivity contribution in [2.75, 3.05) is 39.3 Å². The van der Waals surface area contributed by atoms with Crippen molar-refractivity contribution in [3.8, 4) is 0 Å². The Balaban J connectivity index is 0.866. The first-order valence-corrected chi connectivity index (χ1v) is 23.9. The fraction of sp³-hybridized carbons (Fsp3) is 0.729. The molecule has 6 heterocycles. The molecule has 15 heteroatoms. The van der Waals surface area contributed by atoms with Gasteiger partial charge in [-0.1, -0.05) is 30.3 Å². The maximum Gasteiger partial charge on any atom is 0.410 e. The summed E-state index contributed by atoms with van der Waals surface area (Å²) in [5.74, 6) is -0.481. The number of amides is 6. The van der Waals surface area contributed by atoms with Gasteiger partial charge in [0.05, 0.1) is 6.42 Å². The molecule has 7 rings (SSSR count). The molecular weight excluding hydrogens is 805 g/mol. The first kappa shape index (κ1) is 46.3. The van der Waals surface area contributed by atoms with E-state index in [1.54, 1.807) is 4.90 Å². The summed E-state index contributed by atoms with van der Waals surface area (Å²) in [6.07, 6.45) is 10.2. The van der Waals surface area contributed by atoms with Gasteiger partial charge in [0.1, 0.15) is 12.2 Å². The highest BCUT2D eigenvalue weighted by Crippen LogP contribution is 2.32. The van der Waals surface area contributed by atoms with Crippen LogP contribution in [0.5, 0.6) is 0 Å². The van der Waals surface area contributed by atoms with Crippen LogP contribution in [-0.4, -0.2) is 152 Å². The van der Waals surface area contributed by atoms with Crippen LogP contribution in [0.15, 0.2) is 30.3 Å². The molecule has 0 aliphatic carbocycles. The number of ether oxygens (including phenoxy) is 2. The quantitative estimate of drug-likeness (QED) is 0.223. The highest BCUT2D eigenvalue weighted by atomic mass is 16.6. The summed E-state index contributed by atoms with van der Waals surface area (Å²) in [7, 11) is 0. The minimum atomic E-state index is -0.617. The fourth-order valence-electron chi connectivity index (χ4n) is 11.1. The van der Waals surface area contributed by atoms with E-state index in [9.17, 15) is 33.6 Å². The normalized spacial score (nSPS) is 26.2. The van der Waals surface area contributed by atoms with Crippen LogP contribution in [0.2, 0.25) is 0 Å². The predicted molar refractivity (Wildman–Crippen MR) is 234 cm³/mol. The maximum atomic E-state index is 14.0. The number of likely N-dealkylation sites (tertiary alicyclic amines) is 6. The van der Waals surface area contributed by atoms with Gasteiger partial charge in [0, 0.05) is 108 Å². The van der Waals surface area contributed by atoms with Crippen molar-refractivity contribution >= 4 is 41.6 Å². The molecule has 0 radical (unpaired) electrons. The lowest BCUT2D eigenvalue weighted by Gasteiger charge is -2.33. The van der Waals surface area contributed by atoms with Crippen LogP contribution in [0.4, 0.5) is 4.79 Å². The fourth-order valence-corrected chi connectivity index (χ4v) is 11.1. The van der Waals surface area contributed by atoms with Crippen molar-refractivity contribution in [3.05, 3.63) is 35.9 Å². The van der Waals surface area contributed by atoms with Gasteiger partial charge in [0.25, 0.3) is 0 Å². The Kier molecular flexibility index (Phi) is 15.3. The first-order valence-electron chi connectivity index (χ1n) is 23.9. The van der Waals surface area contributed by atoms with Crippen LogP contribution in [0.3, 0.4) is 0 Å². The third kappa shape index (κ3) is 11.9. The molecule has 0 bridgehead atoms. The number of carbonyl (C=O) groups excluding carboxylic acids is 7. The largest absolute Gasteiger partial charge is 0.461 e. The number of carbonyl (C=O) groups is 7. The first-order chi connectivity index (χ1) is 30.2. The summed E-state index contributed by atoms with van der Waals surface area (Å²) in [6, 6.07) is 8.25. The number of rotatable bonds is 14. The third-order valence-electron chi connectivity index (χ3n) is 14.2. The van der Waals surface area contributed by atoms with Crippen LogP contribution >= 0.6 is 0 Å². The summed E-state index contributed by atoms with van der Waals surface area (Å²) < 4.78 is 11.1. The Morgan fingerprint density at radius 2 is 0.762 bits per heavy atom. The molecule has 0 N–H and O–H groups in total. The molecule has 63 heavy (non-hydrogen) atoms. The molecule has 6 fully saturated rings. The molecule has 0 saturated carbocycles. The minimum Gasteiger partial charge on any atom is -0.461 e. The van der Waals surface area contributed by atoms with Crippen LogP contribution in [0.25, 0.3) is 0 Å². The monoisotopic (exact) mass is 875 g/mol. The maximum absolute atomic E-state index is 14.0. The Morgan fingerprint density at radius 3 is 1.10 bits per heavy atom. The van der Waals surface area contributed by atoms with Gasteiger partial charge in [-0.25, -0.2) is 4.79 Å². The van der Waals surface area contributed by atoms with E-state index in [4.69, 9.17) is 9.47 Å². The van der Waals surface area contributed by atoms with Crippen LogP contribution in [0, 0.1) is 0 Å². The molecule has 15 nitrogen and oxygen atoms in total. The lowest BCUT2D eigenvalue weighted by molar-refractivity contribution is -0.147. The number of hydrogen-bond acceptors (Lipinski definition) is 9. The van der Waals surface area contributed by atoms with E-state index in [1.165, 1.54) is 0 Å². The molecular formula is C48H70N6O9. The second-order valence-corrected chi connectivity index (χ2v) is 19.8. The highest BCUT2D eigenvalue weighted by molar-refractivity contribution is 5.84. The Hall–Kier alpha value is -4.69. The standard InChI is InChI=1S/C48H70N6O9/c1-48(2,3)63-47(61)54-26-12-19-39(54)31-45(59)52-24-10-17-37(52)29-43(57)50-22-8-15-35(50)27-41(55)49-21-7-16-36(49)28-42(56)51-23-9-18-38(51)30-44(58)53-25-11-20-40(53)32-46(60)62-33-34-13-5-4-6-14-34/h4-6,13-14,35-40H,7-12,15-33H2,1-3H3/t35-,36-,37-,38-,39-,40-/m0/s1. The van der Waals surface area contributed by atoms with Gasteiger partial charge in [-0.05, 0) is 103 Å². The number of benzene rings is 1. The van der Waals surface area contributed by atoms with E-state index in [-0.39, 0.29) is 123 Å². The van der Waals surface area contributed by atoms with Gasteiger partial charge in [-0.2, -0.15) is 0 Å². The Morgan fingerprint density at radius 1 is 0.460 bits per heavy atom. The third-order valence-corrected chi connectivity index (χ3v) is 14.2. The number of hydrogen-bond donors (Lipinski definition) is 0.